The molecule has 1 amide bonds. The average molecular weight is 326 g/mol. The minimum atomic E-state index is -0.0183. The van der Waals surface area contributed by atoms with Crippen LogP contribution in [-0.4, -0.2) is 37.3 Å². The van der Waals surface area contributed by atoms with E-state index in [4.69, 9.17) is 11.5 Å². The van der Waals surface area contributed by atoms with E-state index in [1.807, 2.05) is 6.26 Å². The summed E-state index contributed by atoms with van der Waals surface area (Å²) < 4.78 is 0. The van der Waals surface area contributed by atoms with Crippen molar-refractivity contribution in [3.8, 4) is 0 Å². The molecule has 1 aliphatic heterocycles. The van der Waals surface area contributed by atoms with E-state index in [0.717, 1.165) is 48.7 Å². The summed E-state index contributed by atoms with van der Waals surface area (Å²) in [4.78, 5) is 16.3. The van der Waals surface area contributed by atoms with E-state index in [0.29, 0.717) is 22.6 Å². The number of carbonyl (C=O) groups excluding carboxylic acids is 1. The number of hydrogen-bond donors (Lipinski definition) is 3. The molecule has 21 heavy (non-hydrogen) atoms. The minimum Gasteiger partial charge on any atom is -0.396 e. The van der Waals surface area contributed by atoms with E-state index >= 15 is 0 Å². The Kier molecular flexibility index (Phi) is 4.33. The zero-order valence-corrected chi connectivity index (χ0v) is 13.9. The molecule has 5 N–H and O–H groups in total. The molecule has 0 aromatic carbocycles. The Morgan fingerprint density at radius 2 is 2.00 bits per heavy atom. The third-order valence-corrected chi connectivity index (χ3v) is 6.25. The molecule has 1 aromatic heterocycles. The molecule has 2 heterocycles. The van der Waals surface area contributed by atoms with Crippen molar-refractivity contribution in [2.45, 2.75) is 42.7 Å². The summed E-state index contributed by atoms with van der Waals surface area (Å²) in [5, 5.41) is 4.16. The van der Waals surface area contributed by atoms with Crippen molar-refractivity contribution in [2.75, 3.05) is 30.0 Å². The first-order chi connectivity index (χ1) is 10.1. The number of hydrogen-bond acceptors (Lipinski definition) is 6. The maximum absolute atomic E-state index is 12.3. The van der Waals surface area contributed by atoms with Gasteiger partial charge in [-0.25, -0.2) is 0 Å². The Morgan fingerprint density at radius 1 is 1.33 bits per heavy atom. The zero-order valence-electron chi connectivity index (χ0n) is 12.2. The van der Waals surface area contributed by atoms with Gasteiger partial charge in [0.15, 0.2) is 0 Å². The number of nitrogens with two attached hydrogens (primary N) is 2. The van der Waals surface area contributed by atoms with Gasteiger partial charge >= 0.3 is 0 Å². The summed E-state index contributed by atoms with van der Waals surface area (Å²) >= 11 is 3.15. The zero-order chi connectivity index (χ0) is 15.0. The van der Waals surface area contributed by atoms with Crippen LogP contribution in [0.1, 0.15) is 35.4 Å². The van der Waals surface area contributed by atoms with E-state index < -0.39 is 0 Å². The van der Waals surface area contributed by atoms with Crippen molar-refractivity contribution in [3.05, 3.63) is 4.88 Å². The highest BCUT2D eigenvalue weighted by atomic mass is 32.2. The van der Waals surface area contributed by atoms with Crippen LogP contribution in [0.15, 0.2) is 4.90 Å². The molecule has 0 bridgehead atoms. The van der Waals surface area contributed by atoms with Crippen molar-refractivity contribution >= 4 is 39.7 Å². The number of thioether (sulfide) groups is 1. The maximum Gasteiger partial charge on any atom is 0.263 e. The molecule has 1 saturated heterocycles. The number of thiophene rings is 1. The number of anilines is 2. The van der Waals surface area contributed by atoms with Crippen molar-refractivity contribution in [1.82, 2.24) is 5.32 Å². The van der Waals surface area contributed by atoms with Crippen LogP contribution < -0.4 is 21.7 Å². The Bertz CT molecular complexity index is 533. The molecule has 5 nitrogen and oxygen atoms in total. The van der Waals surface area contributed by atoms with Crippen molar-refractivity contribution in [3.63, 3.8) is 0 Å². The van der Waals surface area contributed by atoms with Crippen LogP contribution in [0.25, 0.3) is 0 Å². The number of piperidine rings is 1. The quantitative estimate of drug-likeness (QED) is 0.736. The average Bonchev–Trinajstić information content (AvgIpc) is 3.21. The predicted octanol–water partition coefficient (Wildman–Crippen LogP) is 1.87. The van der Waals surface area contributed by atoms with Crippen LogP contribution in [0, 0.1) is 0 Å². The van der Waals surface area contributed by atoms with Crippen molar-refractivity contribution in [1.29, 1.82) is 0 Å². The monoisotopic (exact) mass is 326 g/mol. The highest BCUT2D eigenvalue weighted by Crippen LogP contribution is 2.44. The van der Waals surface area contributed by atoms with Gasteiger partial charge in [-0.3, -0.25) is 4.79 Å². The number of nitrogens with zero attached hydrogens (tertiary/aromatic N) is 1. The summed E-state index contributed by atoms with van der Waals surface area (Å²) in [6.45, 7) is 1.89. The summed E-state index contributed by atoms with van der Waals surface area (Å²) in [6.07, 6.45) is 6.18. The van der Waals surface area contributed by atoms with Gasteiger partial charge in [0.1, 0.15) is 9.88 Å². The van der Waals surface area contributed by atoms with E-state index in [1.165, 1.54) is 11.3 Å². The lowest BCUT2D eigenvalue weighted by molar-refractivity contribution is 0.0956. The first-order valence-corrected chi connectivity index (χ1v) is 9.42. The summed E-state index contributed by atoms with van der Waals surface area (Å²) in [6, 6.07) is 0.655. The van der Waals surface area contributed by atoms with Gasteiger partial charge in [-0.15, -0.1) is 23.1 Å². The molecule has 0 atom stereocenters. The number of nitrogens with one attached hydrogen (secondary N) is 1. The van der Waals surface area contributed by atoms with E-state index in [9.17, 15) is 4.79 Å². The normalized spacial score (nSPS) is 19.8. The first-order valence-electron chi connectivity index (χ1n) is 7.37. The summed E-state index contributed by atoms with van der Waals surface area (Å²) in [5.74, 6) is -0.0183. The van der Waals surface area contributed by atoms with Crippen LogP contribution in [0.3, 0.4) is 0 Å². The van der Waals surface area contributed by atoms with Gasteiger partial charge in [-0.05, 0) is 31.9 Å². The number of amides is 1. The topological polar surface area (TPSA) is 84.4 Å². The Balaban J connectivity index is 1.83. The van der Waals surface area contributed by atoms with Crippen molar-refractivity contribution in [2.24, 2.45) is 5.73 Å². The van der Waals surface area contributed by atoms with Gasteiger partial charge in [-0.1, -0.05) is 0 Å². The Hall–Kier alpha value is -0.920. The van der Waals surface area contributed by atoms with Gasteiger partial charge in [0.2, 0.25) is 0 Å². The second kappa shape index (κ2) is 6.06. The third-order valence-electron chi connectivity index (χ3n) is 4.03. The molecule has 1 aromatic rings. The lowest BCUT2D eigenvalue weighted by Gasteiger charge is -2.31. The number of nitrogen functional groups attached to an aromatic ring is 1. The van der Waals surface area contributed by atoms with Gasteiger partial charge in [0.05, 0.1) is 10.6 Å². The molecule has 116 valence electrons. The standard InChI is InChI=1S/C14H22N4OS2/c1-20-12-10(16)11(13(19)17-9-2-3-9)21-14(12)18-6-4-8(15)5-7-18/h8-9H,2-7,15-16H2,1H3,(H,17,19). The second-order valence-corrected chi connectivity index (χ2v) is 7.57. The lowest BCUT2D eigenvalue weighted by atomic mass is 10.1. The highest BCUT2D eigenvalue weighted by molar-refractivity contribution is 7.99. The van der Waals surface area contributed by atoms with Crippen LogP contribution in [-0.2, 0) is 0 Å². The molecule has 0 spiro atoms. The summed E-state index contributed by atoms with van der Waals surface area (Å²) in [5.41, 5.74) is 12.8. The van der Waals surface area contributed by atoms with Gasteiger partial charge in [0, 0.05) is 25.2 Å². The van der Waals surface area contributed by atoms with Crippen LogP contribution in [0.5, 0.6) is 0 Å². The molecular weight excluding hydrogens is 304 g/mol. The largest absolute Gasteiger partial charge is 0.396 e. The fourth-order valence-electron chi connectivity index (χ4n) is 2.57. The molecule has 2 aliphatic rings. The Morgan fingerprint density at radius 3 is 2.57 bits per heavy atom. The molecule has 7 heteroatoms. The Labute approximate surface area is 133 Å². The van der Waals surface area contributed by atoms with Gasteiger partial charge in [0.25, 0.3) is 5.91 Å². The maximum atomic E-state index is 12.3. The van der Waals surface area contributed by atoms with Crippen LogP contribution in [0.2, 0.25) is 0 Å². The van der Waals surface area contributed by atoms with E-state index in [-0.39, 0.29) is 5.91 Å². The SMILES string of the molecule is CSc1c(N2CCC(N)CC2)sc(C(=O)NC2CC2)c1N. The molecule has 0 radical (unpaired) electrons. The molecule has 3 rings (SSSR count). The fourth-order valence-corrected chi connectivity index (χ4v) is 4.71. The first kappa shape index (κ1) is 15.0. The van der Waals surface area contributed by atoms with Gasteiger partial charge < -0.3 is 21.7 Å². The molecule has 1 aliphatic carbocycles. The molecule has 2 fully saturated rings. The predicted molar refractivity (Wildman–Crippen MR) is 90.4 cm³/mol. The number of carbonyl (C=O) groups is 1. The van der Waals surface area contributed by atoms with Crippen molar-refractivity contribution < 1.29 is 4.79 Å². The lowest BCUT2D eigenvalue weighted by Crippen LogP contribution is -2.39. The molecule has 1 saturated carbocycles. The highest BCUT2D eigenvalue weighted by Gasteiger charge is 2.29. The number of rotatable bonds is 4. The van der Waals surface area contributed by atoms with Crippen LogP contribution >= 0.6 is 23.1 Å². The molecular formula is C14H22N4OS2. The second-order valence-electron chi connectivity index (χ2n) is 5.76. The van der Waals surface area contributed by atoms with Crippen LogP contribution in [0.4, 0.5) is 10.7 Å². The van der Waals surface area contributed by atoms with E-state index in [2.05, 4.69) is 10.2 Å². The van der Waals surface area contributed by atoms with Gasteiger partial charge in [-0.2, -0.15) is 0 Å². The summed E-state index contributed by atoms with van der Waals surface area (Å²) in [7, 11) is 0. The molecule has 0 unspecified atom stereocenters. The fraction of sp³-hybridized carbons (Fsp3) is 0.643. The minimum absolute atomic E-state index is 0.0183. The smallest absolute Gasteiger partial charge is 0.263 e. The van der Waals surface area contributed by atoms with E-state index in [1.54, 1.807) is 11.8 Å². The third kappa shape index (κ3) is 3.14.